The van der Waals surface area contributed by atoms with Crippen molar-refractivity contribution >= 4 is 27.6 Å². The minimum Gasteiger partial charge on any atom is -0.452 e. The van der Waals surface area contributed by atoms with Crippen molar-refractivity contribution in [2.24, 2.45) is 0 Å². The Morgan fingerprint density at radius 3 is 2.47 bits per heavy atom. The summed E-state index contributed by atoms with van der Waals surface area (Å²) in [5, 5.41) is 2.63. The summed E-state index contributed by atoms with van der Waals surface area (Å²) in [5.41, 5.74) is -1.37. The van der Waals surface area contributed by atoms with E-state index in [2.05, 4.69) is 11.9 Å². The molecule has 2 aromatic rings. The average Bonchev–Trinajstić information content (AvgIpc) is 2.80. The first kappa shape index (κ1) is 26.9. The van der Waals surface area contributed by atoms with Crippen molar-refractivity contribution in [2.45, 2.75) is 37.4 Å². The van der Waals surface area contributed by atoms with E-state index in [-0.39, 0.29) is 28.7 Å². The summed E-state index contributed by atoms with van der Waals surface area (Å²) in [6.45, 7) is 6.28. The third kappa shape index (κ3) is 6.83. The van der Waals surface area contributed by atoms with Crippen molar-refractivity contribution in [1.82, 2.24) is 5.32 Å². The van der Waals surface area contributed by atoms with Gasteiger partial charge in [-0.1, -0.05) is 25.1 Å². The van der Waals surface area contributed by atoms with Gasteiger partial charge in [0.1, 0.15) is 0 Å². The quantitative estimate of drug-likeness (QED) is 0.392. The van der Waals surface area contributed by atoms with Gasteiger partial charge in [0, 0.05) is 6.04 Å². The maximum absolute atomic E-state index is 13.3. The molecule has 1 N–H and O–H groups in total. The molecule has 34 heavy (non-hydrogen) atoms. The number of carbonyl (C=O) groups excluding carboxylic acids is 2. The van der Waals surface area contributed by atoms with E-state index in [1.807, 2.05) is 6.92 Å². The topological polar surface area (TPSA) is 92.8 Å². The van der Waals surface area contributed by atoms with Gasteiger partial charge in [-0.25, -0.2) is 13.2 Å². The normalized spacial score (nSPS) is 12.5. The second-order valence-corrected chi connectivity index (χ2v) is 9.22. The van der Waals surface area contributed by atoms with Gasteiger partial charge < -0.3 is 10.1 Å². The highest BCUT2D eigenvalue weighted by Crippen LogP contribution is 2.33. The van der Waals surface area contributed by atoms with E-state index in [0.717, 1.165) is 28.6 Å². The number of esters is 1. The molecule has 0 spiro atoms. The van der Waals surface area contributed by atoms with Crippen LogP contribution >= 0.6 is 0 Å². The molecule has 0 aliphatic heterocycles. The lowest BCUT2D eigenvalue weighted by Gasteiger charge is -2.24. The second-order valence-electron chi connectivity index (χ2n) is 7.35. The van der Waals surface area contributed by atoms with E-state index in [0.29, 0.717) is 6.42 Å². The van der Waals surface area contributed by atoms with E-state index >= 15 is 0 Å². The smallest absolute Gasteiger partial charge is 0.416 e. The highest BCUT2D eigenvalue weighted by molar-refractivity contribution is 7.92. The van der Waals surface area contributed by atoms with Crippen LogP contribution in [-0.4, -0.2) is 39.5 Å². The number of hydrogen-bond donors (Lipinski definition) is 1. The van der Waals surface area contributed by atoms with Gasteiger partial charge in [0.05, 0.1) is 28.3 Å². The Balaban J connectivity index is 2.31. The number of anilines is 1. The Morgan fingerprint density at radius 1 is 1.18 bits per heavy atom. The van der Waals surface area contributed by atoms with Crippen LogP contribution in [0, 0.1) is 0 Å². The third-order valence-electron chi connectivity index (χ3n) is 4.77. The Hall–Kier alpha value is -3.34. The number of amides is 1. The number of hydrogen-bond acceptors (Lipinski definition) is 5. The summed E-state index contributed by atoms with van der Waals surface area (Å²) in [7, 11) is -4.38. The van der Waals surface area contributed by atoms with E-state index in [4.69, 9.17) is 4.74 Å². The lowest BCUT2D eigenvalue weighted by Crippen LogP contribution is -2.35. The molecule has 0 bridgehead atoms. The Bertz CT molecular complexity index is 1150. The fourth-order valence-corrected chi connectivity index (χ4v) is 4.31. The largest absolute Gasteiger partial charge is 0.452 e. The molecule has 0 saturated carbocycles. The van der Waals surface area contributed by atoms with Crippen molar-refractivity contribution in [3.8, 4) is 0 Å². The number of sulfonamides is 1. The maximum Gasteiger partial charge on any atom is 0.416 e. The summed E-state index contributed by atoms with van der Waals surface area (Å²) in [5.74, 6) is -1.43. The van der Waals surface area contributed by atoms with Crippen LogP contribution in [0.3, 0.4) is 0 Å². The van der Waals surface area contributed by atoms with Crippen LogP contribution in [0.1, 0.15) is 36.2 Å². The average molecular weight is 499 g/mol. The van der Waals surface area contributed by atoms with E-state index < -0.39 is 40.2 Å². The number of nitrogens with one attached hydrogen (secondary N) is 1. The summed E-state index contributed by atoms with van der Waals surface area (Å²) < 4.78 is 71.6. The van der Waals surface area contributed by atoms with Gasteiger partial charge in [-0.15, -0.1) is 6.58 Å². The van der Waals surface area contributed by atoms with Crippen molar-refractivity contribution in [3.05, 3.63) is 72.3 Å². The lowest BCUT2D eigenvalue weighted by molar-refractivity contribution is -0.137. The summed E-state index contributed by atoms with van der Waals surface area (Å²) >= 11 is 0. The van der Waals surface area contributed by atoms with Crippen molar-refractivity contribution < 1.29 is 35.9 Å². The number of ether oxygens (including phenoxy) is 1. The van der Waals surface area contributed by atoms with Gasteiger partial charge in [-0.2, -0.15) is 13.2 Å². The molecule has 0 fully saturated rings. The Labute approximate surface area is 196 Å². The summed E-state index contributed by atoms with van der Waals surface area (Å²) in [6.07, 6.45) is -2.75. The molecule has 0 heterocycles. The van der Waals surface area contributed by atoms with E-state index in [1.165, 1.54) is 30.3 Å². The van der Waals surface area contributed by atoms with Crippen LogP contribution in [0.15, 0.2) is 66.1 Å². The van der Waals surface area contributed by atoms with Crippen LogP contribution in [0.25, 0.3) is 0 Å². The minimum atomic E-state index is -4.66. The zero-order valence-corrected chi connectivity index (χ0v) is 19.4. The van der Waals surface area contributed by atoms with Crippen molar-refractivity contribution in [1.29, 1.82) is 0 Å². The molecular weight excluding hydrogens is 473 g/mol. The lowest BCUT2D eigenvalue weighted by atomic mass is 10.2. The zero-order chi connectivity index (χ0) is 25.5. The standard InChI is InChI=1S/C23H25F3N2O5S/c1-4-12-28(19-10-7-9-18(14-19)23(24,25)26)34(31,32)20-11-6-8-17(13-20)22(30)33-15-21(29)27-16(3)5-2/h4,6-11,13-14,16H,1,5,12,15H2,2-3H3,(H,27,29). The van der Waals surface area contributed by atoms with E-state index in [1.54, 1.807) is 6.92 Å². The molecular formula is C23H25F3N2O5S. The number of halogens is 3. The van der Waals surface area contributed by atoms with E-state index in [9.17, 15) is 31.2 Å². The number of rotatable bonds is 10. The molecule has 184 valence electrons. The number of nitrogens with zero attached hydrogens (tertiary/aromatic N) is 1. The first-order valence-electron chi connectivity index (χ1n) is 10.3. The summed E-state index contributed by atoms with van der Waals surface area (Å²) in [4.78, 5) is 23.8. The summed E-state index contributed by atoms with van der Waals surface area (Å²) in [6, 6.07) is 8.60. The predicted octanol–water partition coefficient (Wildman–Crippen LogP) is 4.16. The highest BCUT2D eigenvalue weighted by Gasteiger charge is 2.32. The molecule has 1 atom stereocenters. The number of alkyl halides is 3. The third-order valence-corrected chi connectivity index (χ3v) is 6.56. The number of carbonyl (C=O) groups is 2. The molecule has 7 nitrogen and oxygen atoms in total. The SMILES string of the molecule is C=CCN(c1cccc(C(F)(F)F)c1)S(=O)(=O)c1cccc(C(=O)OCC(=O)NC(C)CC)c1. The zero-order valence-electron chi connectivity index (χ0n) is 18.6. The highest BCUT2D eigenvalue weighted by atomic mass is 32.2. The Kier molecular flexibility index (Phi) is 8.86. The van der Waals surface area contributed by atoms with Crippen LogP contribution in [0.4, 0.5) is 18.9 Å². The molecule has 2 aromatic carbocycles. The van der Waals surface area contributed by atoms with Crippen molar-refractivity contribution in [2.75, 3.05) is 17.5 Å². The molecule has 11 heteroatoms. The van der Waals surface area contributed by atoms with Crippen molar-refractivity contribution in [3.63, 3.8) is 0 Å². The molecule has 0 aliphatic carbocycles. The molecule has 0 aliphatic rings. The first-order chi connectivity index (χ1) is 15.9. The molecule has 1 unspecified atom stereocenters. The van der Waals surface area contributed by atoms with Crippen LogP contribution in [-0.2, 0) is 25.7 Å². The van der Waals surface area contributed by atoms with Gasteiger partial charge in [0.15, 0.2) is 6.61 Å². The monoisotopic (exact) mass is 498 g/mol. The first-order valence-corrected chi connectivity index (χ1v) is 11.7. The molecule has 0 radical (unpaired) electrons. The minimum absolute atomic E-state index is 0.105. The molecule has 1 amide bonds. The van der Waals surface area contributed by atoms with Gasteiger partial charge in [0.25, 0.3) is 15.9 Å². The maximum atomic E-state index is 13.3. The predicted molar refractivity (Wildman–Crippen MR) is 121 cm³/mol. The van der Waals surface area contributed by atoms with Gasteiger partial charge >= 0.3 is 12.1 Å². The second kappa shape index (κ2) is 11.2. The van der Waals surface area contributed by atoms with Crippen LogP contribution in [0.2, 0.25) is 0 Å². The van der Waals surface area contributed by atoms with Gasteiger partial charge in [-0.05, 0) is 49.7 Å². The number of benzene rings is 2. The molecule has 2 rings (SSSR count). The van der Waals surface area contributed by atoms with Gasteiger partial charge in [-0.3, -0.25) is 9.10 Å². The van der Waals surface area contributed by atoms with Crippen LogP contribution < -0.4 is 9.62 Å². The molecule has 0 saturated heterocycles. The van der Waals surface area contributed by atoms with Crippen LogP contribution in [0.5, 0.6) is 0 Å². The fraction of sp³-hybridized carbons (Fsp3) is 0.304. The van der Waals surface area contributed by atoms with Gasteiger partial charge in [0.2, 0.25) is 0 Å². The fourth-order valence-electron chi connectivity index (χ4n) is 2.84. The molecule has 0 aromatic heterocycles. The Morgan fingerprint density at radius 2 is 1.85 bits per heavy atom.